The van der Waals surface area contributed by atoms with Crippen LogP contribution in [0.2, 0.25) is 0 Å². The molecule has 0 saturated carbocycles. The number of rotatable bonds is 4. The van der Waals surface area contributed by atoms with Crippen LogP contribution < -0.4 is 10.6 Å². The number of anilines is 1. The van der Waals surface area contributed by atoms with Crippen LogP contribution in [-0.2, 0) is 13.0 Å². The van der Waals surface area contributed by atoms with Crippen molar-refractivity contribution in [3.8, 4) is 0 Å². The Morgan fingerprint density at radius 1 is 1.32 bits per heavy atom. The molecule has 5 nitrogen and oxygen atoms in total. The maximum atomic E-state index is 12.9. The van der Waals surface area contributed by atoms with Gasteiger partial charge < -0.3 is 20.0 Å². The molecule has 1 fully saturated rings. The molecular formula is C20H25N3O2. The standard InChI is InChI=1S/C20H25N3O2/c1-14-10-16-4-2-3-5-18(16)23(14)13-17-7-9-25-19(17)20(24)22-8-6-15(11-21)12-22/h2-5,7,9,14-15H,6,8,10-13,21H2,1H3/t14-,15+/m0/s1. The highest BCUT2D eigenvalue weighted by atomic mass is 16.3. The fourth-order valence-electron chi connectivity index (χ4n) is 4.05. The van der Waals surface area contributed by atoms with Crippen LogP contribution in [-0.4, -0.2) is 36.5 Å². The minimum Gasteiger partial charge on any atom is -0.459 e. The van der Waals surface area contributed by atoms with E-state index in [-0.39, 0.29) is 5.91 Å². The van der Waals surface area contributed by atoms with Crippen molar-refractivity contribution in [2.45, 2.75) is 32.4 Å². The topological polar surface area (TPSA) is 62.7 Å². The lowest BCUT2D eigenvalue weighted by Crippen LogP contribution is -2.32. The van der Waals surface area contributed by atoms with E-state index in [0.717, 1.165) is 31.5 Å². The van der Waals surface area contributed by atoms with E-state index in [9.17, 15) is 4.79 Å². The molecule has 1 aromatic heterocycles. The zero-order chi connectivity index (χ0) is 17.4. The molecule has 0 spiro atoms. The first-order valence-corrected chi connectivity index (χ1v) is 9.07. The molecule has 2 aromatic rings. The number of hydrogen-bond donors (Lipinski definition) is 1. The van der Waals surface area contributed by atoms with E-state index in [2.05, 4.69) is 36.1 Å². The third kappa shape index (κ3) is 2.93. The Morgan fingerprint density at radius 3 is 2.96 bits per heavy atom. The summed E-state index contributed by atoms with van der Waals surface area (Å²) < 4.78 is 5.59. The molecule has 25 heavy (non-hydrogen) atoms. The van der Waals surface area contributed by atoms with E-state index in [1.54, 1.807) is 6.26 Å². The second-order valence-electron chi connectivity index (χ2n) is 7.23. The number of nitrogens with two attached hydrogens (primary N) is 1. The van der Waals surface area contributed by atoms with Gasteiger partial charge in [0.25, 0.3) is 5.91 Å². The molecule has 5 heteroatoms. The predicted molar refractivity (Wildman–Crippen MR) is 97.6 cm³/mol. The van der Waals surface area contributed by atoms with Crippen LogP contribution in [0.4, 0.5) is 5.69 Å². The molecule has 0 unspecified atom stereocenters. The van der Waals surface area contributed by atoms with Crippen molar-refractivity contribution in [1.29, 1.82) is 0 Å². The number of furan rings is 1. The van der Waals surface area contributed by atoms with Crippen molar-refractivity contribution < 1.29 is 9.21 Å². The molecule has 0 bridgehead atoms. The van der Waals surface area contributed by atoms with Crippen molar-refractivity contribution in [2.24, 2.45) is 11.7 Å². The Labute approximate surface area is 148 Å². The lowest BCUT2D eigenvalue weighted by atomic mass is 10.1. The number of fused-ring (bicyclic) bond motifs is 1. The summed E-state index contributed by atoms with van der Waals surface area (Å²) in [5, 5.41) is 0. The van der Waals surface area contributed by atoms with Gasteiger partial charge in [0.2, 0.25) is 0 Å². The van der Waals surface area contributed by atoms with Crippen LogP contribution in [0.15, 0.2) is 41.0 Å². The molecule has 0 aliphatic carbocycles. The van der Waals surface area contributed by atoms with Crippen LogP contribution in [0.25, 0.3) is 0 Å². The van der Waals surface area contributed by atoms with Gasteiger partial charge in [0.1, 0.15) is 0 Å². The maximum Gasteiger partial charge on any atom is 0.289 e. The highest BCUT2D eigenvalue weighted by Gasteiger charge is 2.31. The number of likely N-dealkylation sites (tertiary alicyclic amines) is 1. The molecule has 3 heterocycles. The summed E-state index contributed by atoms with van der Waals surface area (Å²) in [5.41, 5.74) is 9.34. The molecular weight excluding hydrogens is 314 g/mol. The summed E-state index contributed by atoms with van der Waals surface area (Å²) in [6.07, 6.45) is 3.65. The van der Waals surface area contributed by atoms with Gasteiger partial charge in [0.15, 0.2) is 5.76 Å². The number of hydrogen-bond acceptors (Lipinski definition) is 4. The normalized spacial score (nSPS) is 22.5. The Morgan fingerprint density at radius 2 is 2.16 bits per heavy atom. The number of carbonyl (C=O) groups is 1. The molecule has 2 aliphatic rings. The molecule has 1 aromatic carbocycles. The first kappa shape index (κ1) is 16.2. The quantitative estimate of drug-likeness (QED) is 0.930. The highest BCUT2D eigenvalue weighted by Crippen LogP contribution is 2.34. The molecule has 4 rings (SSSR count). The predicted octanol–water partition coefficient (Wildman–Crippen LogP) is 2.65. The smallest absolute Gasteiger partial charge is 0.289 e. The minimum atomic E-state index is -0.00362. The molecule has 2 atom stereocenters. The maximum absolute atomic E-state index is 12.9. The second kappa shape index (κ2) is 6.56. The van der Waals surface area contributed by atoms with Gasteiger partial charge in [-0.2, -0.15) is 0 Å². The summed E-state index contributed by atoms with van der Waals surface area (Å²) >= 11 is 0. The number of amides is 1. The van der Waals surface area contributed by atoms with Gasteiger partial charge in [-0.3, -0.25) is 4.79 Å². The van der Waals surface area contributed by atoms with Crippen LogP contribution in [0.3, 0.4) is 0 Å². The zero-order valence-electron chi connectivity index (χ0n) is 14.6. The third-order valence-corrected chi connectivity index (χ3v) is 5.54. The van der Waals surface area contributed by atoms with Gasteiger partial charge in [0.05, 0.1) is 6.26 Å². The van der Waals surface area contributed by atoms with E-state index in [4.69, 9.17) is 10.2 Å². The highest BCUT2D eigenvalue weighted by molar-refractivity contribution is 5.93. The Bertz CT molecular complexity index is 770. The number of para-hydroxylation sites is 1. The van der Waals surface area contributed by atoms with Crippen molar-refractivity contribution in [2.75, 3.05) is 24.5 Å². The Balaban J connectivity index is 1.54. The second-order valence-corrected chi connectivity index (χ2v) is 7.23. The van der Waals surface area contributed by atoms with E-state index < -0.39 is 0 Å². The summed E-state index contributed by atoms with van der Waals surface area (Å²) in [4.78, 5) is 17.1. The first-order chi connectivity index (χ1) is 12.2. The molecule has 2 N–H and O–H groups in total. The van der Waals surface area contributed by atoms with Crippen molar-refractivity contribution in [1.82, 2.24) is 4.90 Å². The fraction of sp³-hybridized carbons (Fsp3) is 0.450. The van der Waals surface area contributed by atoms with Crippen molar-refractivity contribution in [3.63, 3.8) is 0 Å². The van der Waals surface area contributed by atoms with E-state index in [0.29, 0.717) is 30.8 Å². The number of benzene rings is 1. The van der Waals surface area contributed by atoms with Crippen molar-refractivity contribution in [3.05, 3.63) is 53.5 Å². The lowest BCUT2D eigenvalue weighted by molar-refractivity contribution is 0.0754. The molecule has 2 aliphatic heterocycles. The zero-order valence-corrected chi connectivity index (χ0v) is 14.6. The average Bonchev–Trinajstić information content (AvgIpc) is 3.34. The van der Waals surface area contributed by atoms with Gasteiger partial charge in [-0.05, 0) is 49.9 Å². The first-order valence-electron chi connectivity index (χ1n) is 9.07. The molecule has 1 amide bonds. The minimum absolute atomic E-state index is 0.00362. The van der Waals surface area contributed by atoms with Crippen LogP contribution in [0.1, 0.15) is 35.0 Å². The average molecular weight is 339 g/mol. The summed E-state index contributed by atoms with van der Waals surface area (Å²) in [7, 11) is 0. The monoisotopic (exact) mass is 339 g/mol. The lowest BCUT2D eigenvalue weighted by Gasteiger charge is -2.25. The molecule has 132 valence electrons. The SMILES string of the molecule is C[C@H]1Cc2ccccc2N1Cc1ccoc1C(=O)N1CC[C@H](CN)C1. The largest absolute Gasteiger partial charge is 0.459 e. The summed E-state index contributed by atoms with van der Waals surface area (Å²) in [6, 6.07) is 10.9. The Hall–Kier alpha value is -2.27. The van der Waals surface area contributed by atoms with Gasteiger partial charge in [0, 0.05) is 36.9 Å². The third-order valence-electron chi connectivity index (χ3n) is 5.54. The summed E-state index contributed by atoms with van der Waals surface area (Å²) in [5.74, 6) is 0.887. The molecule has 1 saturated heterocycles. The van der Waals surface area contributed by atoms with Gasteiger partial charge in [-0.25, -0.2) is 0 Å². The van der Waals surface area contributed by atoms with E-state index in [1.807, 2.05) is 11.0 Å². The van der Waals surface area contributed by atoms with E-state index in [1.165, 1.54) is 11.3 Å². The van der Waals surface area contributed by atoms with Crippen LogP contribution >= 0.6 is 0 Å². The van der Waals surface area contributed by atoms with Crippen molar-refractivity contribution >= 4 is 11.6 Å². The number of nitrogens with zero attached hydrogens (tertiary/aromatic N) is 2. The Kier molecular flexibility index (Phi) is 4.25. The van der Waals surface area contributed by atoms with Gasteiger partial charge in [-0.1, -0.05) is 18.2 Å². The van der Waals surface area contributed by atoms with Crippen LogP contribution in [0, 0.1) is 5.92 Å². The number of carbonyl (C=O) groups excluding carboxylic acids is 1. The van der Waals surface area contributed by atoms with E-state index >= 15 is 0 Å². The fourth-order valence-corrected chi connectivity index (χ4v) is 4.05. The van der Waals surface area contributed by atoms with Crippen LogP contribution in [0.5, 0.6) is 0 Å². The van der Waals surface area contributed by atoms with Gasteiger partial charge in [-0.15, -0.1) is 0 Å². The molecule has 0 radical (unpaired) electrons. The van der Waals surface area contributed by atoms with Gasteiger partial charge >= 0.3 is 0 Å². The summed E-state index contributed by atoms with van der Waals surface area (Å²) in [6.45, 7) is 5.07.